The van der Waals surface area contributed by atoms with Gasteiger partial charge in [-0.05, 0) is 43.6 Å². The summed E-state index contributed by atoms with van der Waals surface area (Å²) < 4.78 is 0. The first-order valence-electron chi connectivity index (χ1n) is 10.1. The second kappa shape index (κ2) is 13.1. The number of thiol groups is 1. The summed E-state index contributed by atoms with van der Waals surface area (Å²) in [6.07, 6.45) is 3.74. The number of thioether (sulfide) groups is 1. The van der Waals surface area contributed by atoms with E-state index < -0.39 is 47.9 Å². The lowest BCUT2D eigenvalue weighted by atomic mass is 10.0. The highest BCUT2D eigenvalue weighted by Gasteiger charge is 2.38. The lowest BCUT2D eigenvalue weighted by molar-refractivity contribution is -0.149. The first-order chi connectivity index (χ1) is 14.1. The predicted octanol–water partition coefficient (Wildman–Crippen LogP) is 0.0879. The van der Waals surface area contributed by atoms with Gasteiger partial charge in [0, 0.05) is 12.3 Å². The zero-order valence-corrected chi connectivity index (χ0v) is 19.5. The molecule has 0 aliphatic carbocycles. The van der Waals surface area contributed by atoms with E-state index in [1.54, 1.807) is 0 Å². The van der Waals surface area contributed by atoms with Crippen LogP contribution in [0.3, 0.4) is 0 Å². The van der Waals surface area contributed by atoms with Crippen LogP contribution in [0.15, 0.2) is 0 Å². The topological polar surface area (TPSA) is 142 Å². The molecule has 172 valence electrons. The fourth-order valence-electron chi connectivity index (χ4n) is 3.34. The highest BCUT2D eigenvalue weighted by atomic mass is 32.2. The molecule has 1 aliphatic rings. The molecular weight excluding hydrogens is 428 g/mol. The normalized spacial score (nSPS) is 19.3. The summed E-state index contributed by atoms with van der Waals surface area (Å²) in [4.78, 5) is 50.7. The van der Waals surface area contributed by atoms with Crippen LogP contribution in [0.5, 0.6) is 0 Å². The van der Waals surface area contributed by atoms with Gasteiger partial charge in [-0.25, -0.2) is 4.79 Å². The number of carboxylic acids is 1. The van der Waals surface area contributed by atoms with Crippen molar-refractivity contribution in [2.75, 3.05) is 24.3 Å². The van der Waals surface area contributed by atoms with Gasteiger partial charge in [0.2, 0.25) is 17.7 Å². The highest BCUT2D eigenvalue weighted by Crippen LogP contribution is 2.19. The third-order valence-corrected chi connectivity index (χ3v) is 5.93. The summed E-state index contributed by atoms with van der Waals surface area (Å²) in [6.45, 7) is 4.24. The summed E-state index contributed by atoms with van der Waals surface area (Å²) in [6, 6.07) is -3.43. The predicted molar refractivity (Wildman–Crippen MR) is 121 cm³/mol. The summed E-state index contributed by atoms with van der Waals surface area (Å²) in [5.41, 5.74) is 5.92. The minimum atomic E-state index is -1.06. The van der Waals surface area contributed by atoms with Gasteiger partial charge in [0.25, 0.3) is 0 Å². The number of hydrogen-bond donors (Lipinski definition) is 5. The molecule has 0 bridgehead atoms. The number of carbonyl (C=O) groups is 4. The van der Waals surface area contributed by atoms with Gasteiger partial charge in [-0.1, -0.05) is 13.8 Å². The van der Waals surface area contributed by atoms with Gasteiger partial charge >= 0.3 is 5.97 Å². The molecular formula is C19H34N4O5S2. The Bertz CT molecular complexity index is 620. The summed E-state index contributed by atoms with van der Waals surface area (Å²) in [7, 11) is 0. The fourth-order valence-corrected chi connectivity index (χ4v) is 4.06. The molecule has 9 nitrogen and oxygen atoms in total. The molecule has 3 amide bonds. The maximum absolute atomic E-state index is 12.8. The van der Waals surface area contributed by atoms with Crippen molar-refractivity contribution in [3.05, 3.63) is 0 Å². The second-order valence-corrected chi connectivity index (χ2v) is 9.20. The Balaban J connectivity index is 2.83. The SMILES string of the molecule is CSCCC(NC(=O)C(N)CC(C)C)C(=O)NC(CS)C(=O)N1CCCC1C(=O)O. The van der Waals surface area contributed by atoms with Gasteiger partial charge < -0.3 is 26.4 Å². The zero-order valence-electron chi connectivity index (χ0n) is 17.8. The number of nitrogens with zero attached hydrogens (tertiary/aromatic N) is 1. The number of rotatable bonds is 12. The molecule has 1 aliphatic heterocycles. The number of carboxylic acid groups (broad SMARTS) is 1. The number of nitrogens with two attached hydrogens (primary N) is 1. The Morgan fingerprint density at radius 2 is 1.83 bits per heavy atom. The average Bonchev–Trinajstić information content (AvgIpc) is 3.17. The van der Waals surface area contributed by atoms with Gasteiger partial charge in [0.05, 0.1) is 6.04 Å². The maximum Gasteiger partial charge on any atom is 0.326 e. The third kappa shape index (κ3) is 7.99. The van der Waals surface area contributed by atoms with E-state index in [4.69, 9.17) is 5.73 Å². The van der Waals surface area contributed by atoms with E-state index in [-0.39, 0.29) is 11.7 Å². The van der Waals surface area contributed by atoms with E-state index in [0.717, 1.165) is 0 Å². The van der Waals surface area contributed by atoms with Crippen LogP contribution < -0.4 is 16.4 Å². The van der Waals surface area contributed by atoms with E-state index in [0.29, 0.717) is 38.0 Å². The van der Waals surface area contributed by atoms with Crippen LogP contribution in [0.25, 0.3) is 0 Å². The molecule has 0 radical (unpaired) electrons. The Morgan fingerprint density at radius 1 is 1.20 bits per heavy atom. The van der Waals surface area contributed by atoms with Crippen LogP contribution in [0.4, 0.5) is 0 Å². The van der Waals surface area contributed by atoms with Crippen LogP contribution in [-0.2, 0) is 19.2 Å². The van der Waals surface area contributed by atoms with Gasteiger partial charge in [0.15, 0.2) is 0 Å². The molecule has 0 aromatic carbocycles. The van der Waals surface area contributed by atoms with Gasteiger partial charge in [-0.3, -0.25) is 14.4 Å². The molecule has 1 fully saturated rings. The molecule has 5 N–H and O–H groups in total. The van der Waals surface area contributed by atoms with E-state index >= 15 is 0 Å². The lowest BCUT2D eigenvalue weighted by Crippen LogP contribution is -2.57. The van der Waals surface area contributed by atoms with Crippen molar-refractivity contribution in [2.45, 2.75) is 63.7 Å². The van der Waals surface area contributed by atoms with Crippen LogP contribution in [0, 0.1) is 5.92 Å². The van der Waals surface area contributed by atoms with E-state index in [1.165, 1.54) is 16.7 Å². The molecule has 4 atom stereocenters. The number of amides is 3. The number of hydrogen-bond acceptors (Lipinski definition) is 7. The van der Waals surface area contributed by atoms with Crippen molar-refractivity contribution < 1.29 is 24.3 Å². The van der Waals surface area contributed by atoms with Crippen molar-refractivity contribution in [2.24, 2.45) is 11.7 Å². The number of aliphatic carboxylic acids is 1. The van der Waals surface area contributed by atoms with E-state index in [9.17, 15) is 24.3 Å². The van der Waals surface area contributed by atoms with Crippen LogP contribution in [0.2, 0.25) is 0 Å². The Morgan fingerprint density at radius 3 is 2.37 bits per heavy atom. The van der Waals surface area contributed by atoms with Crippen molar-refractivity contribution >= 4 is 48.1 Å². The number of nitrogens with one attached hydrogen (secondary N) is 2. The highest BCUT2D eigenvalue weighted by molar-refractivity contribution is 7.98. The fraction of sp³-hybridized carbons (Fsp3) is 0.789. The standard InChI is InChI=1S/C19H34N4O5S2/c1-11(2)9-12(20)16(24)21-13(6-8-30-3)17(25)22-14(10-29)18(26)23-7-4-5-15(23)19(27)28/h11-15,29H,4-10,20H2,1-3H3,(H,21,24)(H,22,25)(H,27,28). The summed E-state index contributed by atoms with van der Waals surface area (Å²) in [5.74, 6) is -1.58. The maximum atomic E-state index is 12.8. The molecule has 1 heterocycles. The minimum Gasteiger partial charge on any atom is -0.480 e. The monoisotopic (exact) mass is 462 g/mol. The zero-order chi connectivity index (χ0) is 22.8. The summed E-state index contributed by atoms with van der Waals surface area (Å²) >= 11 is 5.69. The quantitative estimate of drug-likeness (QED) is 0.259. The number of carbonyl (C=O) groups excluding carboxylic acids is 3. The first-order valence-corrected chi connectivity index (χ1v) is 12.1. The van der Waals surface area contributed by atoms with Crippen LogP contribution >= 0.6 is 24.4 Å². The Kier molecular flexibility index (Phi) is 11.6. The molecule has 30 heavy (non-hydrogen) atoms. The van der Waals surface area contributed by atoms with E-state index in [2.05, 4.69) is 23.3 Å². The van der Waals surface area contributed by atoms with Gasteiger partial charge in [-0.15, -0.1) is 0 Å². The molecule has 0 spiro atoms. The Hall–Kier alpha value is -1.46. The first kappa shape index (κ1) is 26.6. The Labute approximate surface area is 187 Å². The molecule has 4 unspecified atom stereocenters. The average molecular weight is 463 g/mol. The summed E-state index contributed by atoms with van der Waals surface area (Å²) in [5, 5.41) is 14.6. The molecule has 0 aromatic rings. The lowest BCUT2D eigenvalue weighted by Gasteiger charge is -2.28. The van der Waals surface area contributed by atoms with Crippen molar-refractivity contribution in [1.82, 2.24) is 15.5 Å². The van der Waals surface area contributed by atoms with Crippen LogP contribution in [0.1, 0.15) is 39.5 Å². The molecule has 1 rings (SSSR count). The molecule has 0 saturated carbocycles. The van der Waals surface area contributed by atoms with Gasteiger partial charge in [-0.2, -0.15) is 24.4 Å². The van der Waals surface area contributed by atoms with Gasteiger partial charge in [0.1, 0.15) is 18.1 Å². The van der Waals surface area contributed by atoms with Crippen molar-refractivity contribution in [1.29, 1.82) is 0 Å². The molecule has 1 saturated heterocycles. The van der Waals surface area contributed by atoms with Crippen LogP contribution in [-0.4, -0.2) is 82.2 Å². The van der Waals surface area contributed by atoms with Crippen molar-refractivity contribution in [3.63, 3.8) is 0 Å². The van der Waals surface area contributed by atoms with E-state index in [1.807, 2.05) is 20.1 Å². The molecule has 11 heteroatoms. The number of likely N-dealkylation sites (tertiary alicyclic amines) is 1. The smallest absolute Gasteiger partial charge is 0.326 e. The third-order valence-electron chi connectivity index (χ3n) is 4.92. The second-order valence-electron chi connectivity index (χ2n) is 7.85. The van der Waals surface area contributed by atoms with Crippen molar-refractivity contribution in [3.8, 4) is 0 Å². The largest absolute Gasteiger partial charge is 0.480 e. The minimum absolute atomic E-state index is 0.0173. The molecule has 0 aromatic heterocycles.